The van der Waals surface area contributed by atoms with Crippen LogP contribution in [0.25, 0.3) is 0 Å². The van der Waals surface area contributed by atoms with Crippen LogP contribution < -0.4 is 16.0 Å². The molecule has 0 aliphatic carbocycles. The lowest BCUT2D eigenvalue weighted by atomic mass is 10.2. The molecule has 1 aliphatic heterocycles. The molecule has 0 aromatic rings. The molecule has 6 amide bonds. The first-order chi connectivity index (χ1) is 20.2. The van der Waals surface area contributed by atoms with E-state index in [9.17, 15) is 28.8 Å². The van der Waals surface area contributed by atoms with Gasteiger partial charge in [0, 0.05) is 19.6 Å². The van der Waals surface area contributed by atoms with Gasteiger partial charge in [0.2, 0.25) is 35.4 Å². The number of carbonyl (C=O) groups excluding carboxylic acids is 6. The predicted molar refractivity (Wildman–Crippen MR) is 161 cm³/mol. The third-order valence-electron chi connectivity index (χ3n) is 7.10. The Morgan fingerprint density at radius 2 is 0.738 bits per heavy atom. The summed E-state index contributed by atoms with van der Waals surface area (Å²) in [7, 11) is 0. The number of rotatable bonds is 21. The molecule has 0 saturated carbocycles. The maximum absolute atomic E-state index is 13.2. The van der Waals surface area contributed by atoms with E-state index < -0.39 is 55.1 Å². The summed E-state index contributed by atoms with van der Waals surface area (Å²) < 4.78 is 0. The van der Waals surface area contributed by atoms with Crippen molar-refractivity contribution in [1.29, 1.82) is 0 Å². The molecule has 1 heterocycles. The van der Waals surface area contributed by atoms with Crippen LogP contribution in [0.15, 0.2) is 0 Å². The van der Waals surface area contributed by atoms with Gasteiger partial charge in [0.25, 0.3) is 0 Å². The molecular formula is C30H54N6O6. The number of amides is 6. The zero-order valence-corrected chi connectivity index (χ0v) is 26.1. The quantitative estimate of drug-likeness (QED) is 0.172. The third-order valence-corrected chi connectivity index (χ3v) is 7.10. The Hall–Kier alpha value is -3.18. The smallest absolute Gasteiger partial charge is 0.243 e. The maximum Gasteiger partial charge on any atom is 0.243 e. The third kappa shape index (κ3) is 16.3. The van der Waals surface area contributed by atoms with E-state index in [0.717, 1.165) is 91.7 Å². The Morgan fingerprint density at radius 1 is 0.476 bits per heavy atom. The zero-order valence-electron chi connectivity index (χ0n) is 26.1. The Balaban J connectivity index is 2.94. The highest BCUT2D eigenvalue weighted by Crippen LogP contribution is 2.06. The number of nitrogens with one attached hydrogen (secondary N) is 3. The lowest BCUT2D eigenvalue weighted by molar-refractivity contribution is -0.143. The molecule has 240 valence electrons. The second kappa shape index (κ2) is 22.4. The minimum Gasteiger partial charge on any atom is -0.355 e. The van der Waals surface area contributed by atoms with E-state index in [1.807, 2.05) is 0 Å². The topological polar surface area (TPSA) is 148 Å². The lowest BCUT2D eigenvalue weighted by Crippen LogP contribution is -2.49. The van der Waals surface area contributed by atoms with Gasteiger partial charge in [-0.25, -0.2) is 0 Å². The van der Waals surface area contributed by atoms with E-state index in [4.69, 9.17) is 0 Å². The summed E-state index contributed by atoms with van der Waals surface area (Å²) in [4.78, 5) is 80.7. The van der Waals surface area contributed by atoms with Crippen molar-refractivity contribution >= 4 is 35.4 Å². The molecule has 0 aromatic carbocycles. The average molecular weight is 595 g/mol. The van der Waals surface area contributed by atoms with Crippen LogP contribution in [-0.4, -0.2) is 109 Å². The van der Waals surface area contributed by atoms with Gasteiger partial charge >= 0.3 is 0 Å². The summed E-state index contributed by atoms with van der Waals surface area (Å²) in [6.07, 6.45) is 11.8. The maximum atomic E-state index is 13.2. The Labute approximate surface area is 251 Å². The molecule has 1 saturated heterocycles. The monoisotopic (exact) mass is 594 g/mol. The molecule has 42 heavy (non-hydrogen) atoms. The first kappa shape index (κ1) is 36.8. The van der Waals surface area contributed by atoms with Crippen molar-refractivity contribution in [2.24, 2.45) is 0 Å². The van der Waals surface area contributed by atoms with Gasteiger partial charge in [0.1, 0.15) is 39.3 Å². The molecule has 0 atom stereocenters. The molecule has 3 N–H and O–H groups in total. The summed E-state index contributed by atoms with van der Waals surface area (Å²) in [6.45, 7) is 5.24. The number of carbonyl (C=O) groups is 6. The van der Waals surface area contributed by atoms with Crippen LogP contribution in [-0.2, 0) is 28.8 Å². The van der Waals surface area contributed by atoms with E-state index in [0.29, 0.717) is 19.6 Å². The second-order valence-corrected chi connectivity index (χ2v) is 11.0. The number of hydrogen-bond acceptors (Lipinski definition) is 6. The van der Waals surface area contributed by atoms with Crippen molar-refractivity contribution in [3.8, 4) is 0 Å². The van der Waals surface area contributed by atoms with Crippen molar-refractivity contribution in [2.45, 2.75) is 97.8 Å². The molecule has 0 bridgehead atoms. The largest absolute Gasteiger partial charge is 0.355 e. The molecule has 12 heteroatoms. The van der Waals surface area contributed by atoms with Crippen LogP contribution in [0.3, 0.4) is 0 Å². The van der Waals surface area contributed by atoms with Gasteiger partial charge in [-0.15, -0.1) is 0 Å². The SMILES string of the molecule is CCCCCCNC(=O)CN1CC(=O)N(CC(=O)NCCCCCC)CC(=O)N(CC(=O)NCCCCCC)CC1=O. The van der Waals surface area contributed by atoms with E-state index in [-0.39, 0.29) is 19.6 Å². The highest BCUT2D eigenvalue weighted by Gasteiger charge is 2.32. The van der Waals surface area contributed by atoms with Gasteiger partial charge < -0.3 is 30.7 Å². The first-order valence-electron chi connectivity index (χ1n) is 15.8. The van der Waals surface area contributed by atoms with Crippen molar-refractivity contribution in [2.75, 3.05) is 58.9 Å². The number of unbranched alkanes of at least 4 members (excludes halogenated alkanes) is 9. The van der Waals surface area contributed by atoms with E-state index in [1.165, 1.54) is 0 Å². The summed E-state index contributed by atoms with van der Waals surface area (Å²) in [6, 6.07) is 0. The molecular weight excluding hydrogens is 540 g/mol. The summed E-state index contributed by atoms with van der Waals surface area (Å²) >= 11 is 0. The van der Waals surface area contributed by atoms with Gasteiger partial charge in [0.05, 0.1) is 0 Å². The molecule has 0 aromatic heterocycles. The molecule has 0 spiro atoms. The highest BCUT2D eigenvalue weighted by molar-refractivity contribution is 5.97. The van der Waals surface area contributed by atoms with Crippen molar-refractivity contribution in [3.63, 3.8) is 0 Å². The minimum atomic E-state index is -0.615. The van der Waals surface area contributed by atoms with E-state index in [1.54, 1.807) is 0 Å². The predicted octanol–water partition coefficient (Wildman–Crippen LogP) is 1.58. The van der Waals surface area contributed by atoms with Crippen LogP contribution in [0.4, 0.5) is 0 Å². The molecule has 0 unspecified atom stereocenters. The van der Waals surface area contributed by atoms with Gasteiger partial charge in [-0.05, 0) is 19.3 Å². The fourth-order valence-corrected chi connectivity index (χ4v) is 4.51. The summed E-state index contributed by atoms with van der Waals surface area (Å²) in [5.74, 6) is -3.08. The standard InChI is InChI=1S/C30H54N6O6/c1-4-7-10-13-16-31-25(37)19-34-22-29(41)36(21-27(39)33-18-15-12-9-6-3)24-30(42)35(23-28(34)40)20-26(38)32-17-14-11-8-5-2/h4-24H2,1-3H3,(H,31,37)(H,32,38)(H,33,39). The van der Waals surface area contributed by atoms with Crippen molar-refractivity contribution in [3.05, 3.63) is 0 Å². The number of nitrogens with zero attached hydrogens (tertiary/aromatic N) is 3. The van der Waals surface area contributed by atoms with Crippen LogP contribution in [0.1, 0.15) is 97.8 Å². The van der Waals surface area contributed by atoms with Gasteiger partial charge in [-0.3, -0.25) is 28.8 Å². The van der Waals surface area contributed by atoms with Gasteiger partial charge in [-0.2, -0.15) is 0 Å². The van der Waals surface area contributed by atoms with Crippen LogP contribution >= 0.6 is 0 Å². The fourth-order valence-electron chi connectivity index (χ4n) is 4.51. The van der Waals surface area contributed by atoms with Gasteiger partial charge in [0.15, 0.2) is 0 Å². The van der Waals surface area contributed by atoms with Crippen LogP contribution in [0, 0.1) is 0 Å². The van der Waals surface area contributed by atoms with E-state index >= 15 is 0 Å². The summed E-state index contributed by atoms with van der Waals surface area (Å²) in [5, 5.41) is 8.34. The summed E-state index contributed by atoms with van der Waals surface area (Å²) in [5.41, 5.74) is 0. The van der Waals surface area contributed by atoms with Crippen LogP contribution in [0.2, 0.25) is 0 Å². The Bertz CT molecular complexity index is 758. The Kier molecular flexibility index (Phi) is 19.7. The van der Waals surface area contributed by atoms with E-state index in [2.05, 4.69) is 36.7 Å². The zero-order chi connectivity index (χ0) is 31.2. The fraction of sp³-hybridized carbons (Fsp3) is 0.800. The molecule has 12 nitrogen and oxygen atoms in total. The van der Waals surface area contributed by atoms with Crippen LogP contribution in [0.5, 0.6) is 0 Å². The molecule has 1 rings (SSSR count). The molecule has 1 fully saturated rings. The minimum absolute atomic E-state index is 0.360. The molecule has 1 aliphatic rings. The molecule has 0 radical (unpaired) electrons. The number of hydrogen-bond donors (Lipinski definition) is 3. The normalized spacial score (nSPS) is 14.4. The Morgan fingerprint density at radius 3 is 0.976 bits per heavy atom. The first-order valence-corrected chi connectivity index (χ1v) is 15.8. The lowest BCUT2D eigenvalue weighted by Gasteiger charge is -2.24. The average Bonchev–Trinajstić information content (AvgIpc) is 2.98. The van der Waals surface area contributed by atoms with Crippen molar-refractivity contribution in [1.82, 2.24) is 30.7 Å². The van der Waals surface area contributed by atoms with Gasteiger partial charge in [-0.1, -0.05) is 78.6 Å². The highest BCUT2D eigenvalue weighted by atomic mass is 16.2. The van der Waals surface area contributed by atoms with Crippen molar-refractivity contribution < 1.29 is 28.8 Å². The second-order valence-electron chi connectivity index (χ2n) is 11.0.